The number of rotatable bonds is 0. The van der Waals surface area contributed by atoms with Crippen molar-refractivity contribution in [2.45, 2.75) is 6.92 Å². The minimum Gasteiger partial charge on any atom is -0.382 e. The molecule has 1 aromatic rings. The molecule has 2 N–H and O–H groups in total. The summed E-state index contributed by atoms with van der Waals surface area (Å²) in [5, 5.41) is 7.18. The minimum atomic E-state index is 0. The van der Waals surface area contributed by atoms with Gasteiger partial charge in [-0.2, -0.15) is 5.10 Å². The van der Waals surface area contributed by atoms with Crippen molar-refractivity contribution in [3.63, 3.8) is 0 Å². The zero-order chi connectivity index (χ0) is 5.98. The van der Waals surface area contributed by atoms with E-state index in [-0.39, 0.29) is 12.4 Å². The molecule has 1 rings (SSSR count). The van der Waals surface area contributed by atoms with Gasteiger partial charge < -0.3 is 5.73 Å². The molecule has 0 fully saturated rings. The average molecular weight is 146 g/mol. The third kappa shape index (κ3) is 2.28. The number of nitrogens with zero attached hydrogens (tertiary/aromatic N) is 2. The summed E-state index contributed by atoms with van der Waals surface area (Å²) in [5.74, 6) is 0.477. The van der Waals surface area contributed by atoms with E-state index in [1.807, 2.05) is 6.92 Å². The summed E-state index contributed by atoms with van der Waals surface area (Å²) in [4.78, 5) is 0. The molecule has 50 valence electrons. The maximum absolute atomic E-state index is 5.28. The van der Waals surface area contributed by atoms with Crippen LogP contribution in [0.3, 0.4) is 0 Å². The number of nitrogens with two attached hydrogens (primary N) is 1. The topological polar surface area (TPSA) is 51.8 Å². The molecule has 0 saturated heterocycles. The van der Waals surface area contributed by atoms with Crippen molar-refractivity contribution in [3.8, 4) is 0 Å². The standard InChI is InChI=1S/C5H7N3.ClH/c1-4-2-5(6)8-7-3-4;/h2-3H,1H3,(H2,6,8);1H. The Hall–Kier alpha value is -0.830. The second kappa shape index (κ2) is 3.25. The largest absolute Gasteiger partial charge is 0.382 e. The third-order valence-corrected chi connectivity index (χ3v) is 0.810. The maximum Gasteiger partial charge on any atom is 0.146 e. The van der Waals surface area contributed by atoms with E-state index in [4.69, 9.17) is 5.73 Å². The summed E-state index contributed by atoms with van der Waals surface area (Å²) in [6.45, 7) is 1.92. The zero-order valence-electron chi connectivity index (χ0n) is 5.03. The number of aromatic nitrogens is 2. The molecule has 1 aromatic heterocycles. The van der Waals surface area contributed by atoms with Crippen molar-refractivity contribution in [2.24, 2.45) is 0 Å². The normalized spacial score (nSPS) is 8.11. The first-order valence-electron chi connectivity index (χ1n) is 2.34. The molecule has 0 aliphatic carbocycles. The minimum absolute atomic E-state index is 0. The highest BCUT2D eigenvalue weighted by Gasteiger charge is 1.84. The Morgan fingerprint density at radius 2 is 2.22 bits per heavy atom. The number of hydrogen-bond acceptors (Lipinski definition) is 3. The van der Waals surface area contributed by atoms with Crippen LogP contribution in [0, 0.1) is 6.92 Å². The average Bonchev–Trinajstić information content (AvgIpc) is 1.64. The summed E-state index contributed by atoms with van der Waals surface area (Å²) in [5.41, 5.74) is 6.32. The number of anilines is 1. The monoisotopic (exact) mass is 145 g/mol. The van der Waals surface area contributed by atoms with Crippen LogP contribution in [0.25, 0.3) is 0 Å². The van der Waals surface area contributed by atoms with E-state index >= 15 is 0 Å². The van der Waals surface area contributed by atoms with Crippen molar-refractivity contribution in [1.82, 2.24) is 10.2 Å². The fourth-order valence-electron chi connectivity index (χ4n) is 0.486. The van der Waals surface area contributed by atoms with E-state index < -0.39 is 0 Å². The van der Waals surface area contributed by atoms with Crippen LogP contribution in [0.4, 0.5) is 5.82 Å². The van der Waals surface area contributed by atoms with E-state index in [9.17, 15) is 0 Å². The van der Waals surface area contributed by atoms with Crippen LogP contribution in [0.15, 0.2) is 12.3 Å². The van der Waals surface area contributed by atoms with Crippen LogP contribution >= 0.6 is 12.4 Å². The molecular weight excluding hydrogens is 138 g/mol. The molecule has 4 heteroatoms. The number of hydrogen-bond donors (Lipinski definition) is 1. The van der Waals surface area contributed by atoms with E-state index in [2.05, 4.69) is 10.2 Å². The SMILES string of the molecule is Cc1cnnc(N)c1.Cl. The fraction of sp³-hybridized carbons (Fsp3) is 0.200. The maximum atomic E-state index is 5.28. The van der Waals surface area contributed by atoms with Gasteiger partial charge in [0.15, 0.2) is 0 Å². The van der Waals surface area contributed by atoms with Gasteiger partial charge in [-0.1, -0.05) is 0 Å². The zero-order valence-corrected chi connectivity index (χ0v) is 5.85. The summed E-state index contributed by atoms with van der Waals surface area (Å²) in [6, 6.07) is 1.77. The quantitative estimate of drug-likeness (QED) is 0.587. The highest BCUT2D eigenvalue weighted by molar-refractivity contribution is 5.85. The van der Waals surface area contributed by atoms with Gasteiger partial charge in [0, 0.05) is 0 Å². The van der Waals surface area contributed by atoms with Gasteiger partial charge in [0.25, 0.3) is 0 Å². The third-order valence-electron chi connectivity index (χ3n) is 0.810. The van der Waals surface area contributed by atoms with Gasteiger partial charge in [-0.15, -0.1) is 17.5 Å². The molecule has 3 nitrogen and oxygen atoms in total. The molecular formula is C5H8ClN3. The van der Waals surface area contributed by atoms with Crippen molar-refractivity contribution in [3.05, 3.63) is 17.8 Å². The van der Waals surface area contributed by atoms with Crippen LogP contribution in [-0.4, -0.2) is 10.2 Å². The first kappa shape index (κ1) is 8.17. The second-order valence-electron chi connectivity index (χ2n) is 1.66. The Balaban J connectivity index is 0.000000640. The molecule has 0 spiro atoms. The van der Waals surface area contributed by atoms with E-state index in [1.54, 1.807) is 12.3 Å². The van der Waals surface area contributed by atoms with Crippen molar-refractivity contribution in [2.75, 3.05) is 5.73 Å². The Labute approximate surface area is 59.7 Å². The van der Waals surface area contributed by atoms with Crippen LogP contribution in [0.2, 0.25) is 0 Å². The first-order valence-corrected chi connectivity index (χ1v) is 2.34. The van der Waals surface area contributed by atoms with Gasteiger partial charge in [-0.25, -0.2) is 0 Å². The summed E-state index contributed by atoms with van der Waals surface area (Å²) >= 11 is 0. The molecule has 0 amide bonds. The van der Waals surface area contributed by atoms with Gasteiger partial charge in [0.2, 0.25) is 0 Å². The molecule has 0 unspecified atom stereocenters. The van der Waals surface area contributed by atoms with Gasteiger partial charge in [0.05, 0.1) is 6.20 Å². The lowest BCUT2D eigenvalue weighted by Gasteiger charge is -1.88. The molecule has 1 heterocycles. The molecule has 9 heavy (non-hydrogen) atoms. The lowest BCUT2D eigenvalue weighted by molar-refractivity contribution is 1.03. The van der Waals surface area contributed by atoms with Crippen LogP contribution in [-0.2, 0) is 0 Å². The smallest absolute Gasteiger partial charge is 0.146 e. The fourth-order valence-corrected chi connectivity index (χ4v) is 0.486. The van der Waals surface area contributed by atoms with Crippen molar-refractivity contribution >= 4 is 18.2 Å². The Morgan fingerprint density at radius 3 is 2.56 bits per heavy atom. The number of aryl methyl sites for hydroxylation is 1. The Morgan fingerprint density at radius 1 is 1.56 bits per heavy atom. The van der Waals surface area contributed by atoms with E-state index in [1.165, 1.54) is 0 Å². The van der Waals surface area contributed by atoms with Crippen molar-refractivity contribution in [1.29, 1.82) is 0 Å². The van der Waals surface area contributed by atoms with Gasteiger partial charge >= 0.3 is 0 Å². The highest BCUT2D eigenvalue weighted by atomic mass is 35.5. The molecule has 0 aromatic carbocycles. The summed E-state index contributed by atoms with van der Waals surface area (Å²) < 4.78 is 0. The summed E-state index contributed by atoms with van der Waals surface area (Å²) in [7, 11) is 0. The second-order valence-corrected chi connectivity index (χ2v) is 1.66. The predicted molar refractivity (Wildman–Crippen MR) is 38.4 cm³/mol. The predicted octanol–water partition coefficient (Wildman–Crippen LogP) is 0.789. The molecule has 0 radical (unpaired) electrons. The van der Waals surface area contributed by atoms with Gasteiger partial charge in [-0.3, -0.25) is 0 Å². The number of halogens is 1. The molecule has 0 saturated carbocycles. The Bertz CT molecular complexity index is 172. The van der Waals surface area contributed by atoms with Gasteiger partial charge in [0.1, 0.15) is 5.82 Å². The van der Waals surface area contributed by atoms with Crippen LogP contribution in [0.5, 0.6) is 0 Å². The molecule has 0 aliphatic rings. The van der Waals surface area contributed by atoms with Crippen LogP contribution < -0.4 is 5.73 Å². The molecule has 0 atom stereocenters. The lowest BCUT2D eigenvalue weighted by Crippen LogP contribution is -1.91. The Kier molecular flexibility index (Phi) is 2.95. The molecule has 0 bridgehead atoms. The summed E-state index contributed by atoms with van der Waals surface area (Å²) in [6.07, 6.45) is 1.66. The lowest BCUT2D eigenvalue weighted by atomic mass is 10.3. The van der Waals surface area contributed by atoms with Gasteiger partial charge in [-0.05, 0) is 18.6 Å². The van der Waals surface area contributed by atoms with E-state index in [0.717, 1.165) is 5.56 Å². The number of nitrogen functional groups attached to an aromatic ring is 1. The van der Waals surface area contributed by atoms with Crippen LogP contribution in [0.1, 0.15) is 5.56 Å². The van der Waals surface area contributed by atoms with E-state index in [0.29, 0.717) is 5.82 Å². The highest BCUT2D eigenvalue weighted by Crippen LogP contribution is 1.95. The van der Waals surface area contributed by atoms with Crippen molar-refractivity contribution < 1.29 is 0 Å². The molecule has 0 aliphatic heterocycles. The first-order chi connectivity index (χ1) is 3.79.